The number of carbonyl (C=O) groups excluding carboxylic acids is 3. The number of esters is 1. The van der Waals surface area contributed by atoms with E-state index in [1.165, 1.54) is 12.0 Å². The zero-order chi connectivity index (χ0) is 34.1. The third-order valence-corrected chi connectivity index (χ3v) is 10.2. The topological polar surface area (TPSA) is 130 Å². The molecule has 2 saturated heterocycles. The summed E-state index contributed by atoms with van der Waals surface area (Å²) < 4.78 is 23.5. The maximum absolute atomic E-state index is 13.9. The fourth-order valence-electron chi connectivity index (χ4n) is 6.20. The first-order valence-corrected chi connectivity index (χ1v) is 16.2. The zero-order valence-corrected chi connectivity index (χ0v) is 29.0. The minimum atomic E-state index is -1.57. The number of halogens is 1. The lowest BCUT2D eigenvalue weighted by Gasteiger charge is -2.41. The first-order valence-electron chi connectivity index (χ1n) is 15.8. The Morgan fingerprint density at radius 2 is 2.00 bits per heavy atom. The van der Waals surface area contributed by atoms with E-state index in [2.05, 4.69) is 5.32 Å². The van der Waals surface area contributed by atoms with E-state index in [1.54, 1.807) is 20.9 Å². The molecule has 3 aliphatic rings. The van der Waals surface area contributed by atoms with E-state index in [9.17, 15) is 19.5 Å². The summed E-state index contributed by atoms with van der Waals surface area (Å²) in [5.41, 5.74) is -0.300. The van der Waals surface area contributed by atoms with Gasteiger partial charge >= 0.3 is 12.1 Å². The lowest BCUT2D eigenvalue weighted by atomic mass is 9.82. The van der Waals surface area contributed by atoms with Crippen molar-refractivity contribution in [2.75, 3.05) is 32.6 Å². The monoisotopic (exact) mass is 661 g/mol. The lowest BCUT2D eigenvalue weighted by Crippen LogP contribution is -2.60. The largest absolute Gasteiger partial charge is 0.495 e. The molecule has 0 aromatic heterocycles. The number of nitrogens with one attached hydrogen (secondary N) is 1. The third-order valence-electron chi connectivity index (χ3n) is 9.85. The number of alkyl carbamates (subject to hydrolysis) is 1. The van der Waals surface area contributed by atoms with Crippen molar-refractivity contribution in [1.29, 1.82) is 0 Å². The molecule has 0 radical (unpaired) electrons. The Balaban J connectivity index is 1.78. The van der Waals surface area contributed by atoms with Crippen molar-refractivity contribution in [3.8, 4) is 5.75 Å². The minimum Gasteiger partial charge on any atom is -0.495 e. The fourth-order valence-corrected chi connectivity index (χ4v) is 6.52. The number of epoxide rings is 1. The Bertz CT molecular complexity index is 1400. The third kappa shape index (κ3) is 7.38. The number of ether oxygens (including phenoxy) is 4. The van der Waals surface area contributed by atoms with Crippen molar-refractivity contribution in [2.45, 2.75) is 96.5 Å². The fraction of sp³-hybridized carbons (Fsp3) is 0.618. The number of amides is 2. The van der Waals surface area contributed by atoms with Gasteiger partial charge in [0.25, 0.3) is 0 Å². The van der Waals surface area contributed by atoms with E-state index < -0.39 is 59.6 Å². The van der Waals surface area contributed by atoms with Crippen molar-refractivity contribution in [3.05, 3.63) is 46.5 Å². The van der Waals surface area contributed by atoms with Gasteiger partial charge in [0.2, 0.25) is 5.91 Å². The summed E-state index contributed by atoms with van der Waals surface area (Å²) in [4.78, 5) is 43.3. The Hall–Kier alpha value is -3.12. The average Bonchev–Trinajstić information content (AvgIpc) is 3.70. The predicted octanol–water partition coefficient (Wildman–Crippen LogP) is 4.63. The number of allylic oxidation sites excluding steroid dienone is 3. The first kappa shape index (κ1) is 35.7. The van der Waals surface area contributed by atoms with Crippen LogP contribution in [0.4, 0.5) is 10.5 Å². The molecule has 46 heavy (non-hydrogen) atoms. The molecule has 3 aliphatic heterocycles. The second-order valence-electron chi connectivity index (χ2n) is 13.1. The Kier molecular flexibility index (Phi) is 10.8. The molecule has 1 aromatic carbocycles. The molecule has 1 aromatic rings. The van der Waals surface area contributed by atoms with Crippen molar-refractivity contribution < 1.29 is 38.4 Å². The number of aliphatic hydroxyl groups is 1. The summed E-state index contributed by atoms with van der Waals surface area (Å²) in [5.74, 6) is -1.26. The first-order chi connectivity index (χ1) is 21.5. The van der Waals surface area contributed by atoms with E-state index in [1.807, 2.05) is 70.0 Å². The van der Waals surface area contributed by atoms with E-state index in [0.717, 1.165) is 11.1 Å². The maximum atomic E-state index is 13.9. The van der Waals surface area contributed by atoms with Crippen LogP contribution in [0.2, 0.25) is 5.02 Å². The number of likely N-dealkylation sites (N-methyl/N-ethyl adjacent to an activating group) is 1. The summed E-state index contributed by atoms with van der Waals surface area (Å²) in [6.45, 7) is 11.8. The van der Waals surface area contributed by atoms with Crippen molar-refractivity contribution >= 4 is 35.3 Å². The quantitative estimate of drug-likeness (QED) is 0.343. The molecular weight excluding hydrogens is 614 g/mol. The Morgan fingerprint density at radius 1 is 1.30 bits per heavy atom. The number of hydrogen-bond donors (Lipinski definition) is 2. The normalized spacial score (nSPS) is 34.4. The molecule has 0 saturated carbocycles. The molecule has 2 fully saturated rings. The molecule has 254 valence electrons. The van der Waals surface area contributed by atoms with Gasteiger partial charge in [-0.25, -0.2) is 4.79 Å². The number of carbonyl (C=O) groups is 3. The number of benzene rings is 1. The van der Waals surface area contributed by atoms with Crippen LogP contribution in [0, 0.1) is 11.8 Å². The van der Waals surface area contributed by atoms with Crippen LogP contribution < -0.4 is 15.0 Å². The molecule has 3 heterocycles. The molecule has 2 N–H and O–H groups in total. The van der Waals surface area contributed by atoms with E-state index in [0.29, 0.717) is 24.4 Å². The summed E-state index contributed by atoms with van der Waals surface area (Å²) in [6, 6.07) is 3.12. The van der Waals surface area contributed by atoms with Gasteiger partial charge < -0.3 is 29.0 Å². The van der Waals surface area contributed by atoms with E-state index >= 15 is 0 Å². The van der Waals surface area contributed by atoms with Crippen LogP contribution in [-0.2, 0) is 30.2 Å². The number of fused-ring (bicyclic) bond motifs is 5. The summed E-state index contributed by atoms with van der Waals surface area (Å²) in [6.07, 6.45) is 3.15. The number of methoxy groups -OCH3 is 1. The Morgan fingerprint density at radius 3 is 2.65 bits per heavy atom. The molecule has 4 bridgehead atoms. The van der Waals surface area contributed by atoms with Crippen LogP contribution in [0.25, 0.3) is 0 Å². The van der Waals surface area contributed by atoms with Crippen LogP contribution in [0.3, 0.4) is 0 Å². The van der Waals surface area contributed by atoms with Gasteiger partial charge in [0.15, 0.2) is 0 Å². The predicted molar refractivity (Wildman–Crippen MR) is 175 cm³/mol. The second-order valence-corrected chi connectivity index (χ2v) is 13.5. The average molecular weight is 662 g/mol. The van der Waals surface area contributed by atoms with Crippen LogP contribution in [0.15, 0.2) is 35.9 Å². The molecule has 1 unspecified atom stereocenters. The highest BCUT2D eigenvalue weighted by molar-refractivity contribution is 6.35. The van der Waals surface area contributed by atoms with Crippen molar-refractivity contribution in [2.24, 2.45) is 11.8 Å². The van der Waals surface area contributed by atoms with Crippen LogP contribution in [0.1, 0.15) is 59.9 Å². The number of rotatable bonds is 5. The van der Waals surface area contributed by atoms with Crippen LogP contribution in [0.5, 0.6) is 5.75 Å². The highest BCUT2D eigenvalue weighted by atomic mass is 35.5. The van der Waals surface area contributed by atoms with Gasteiger partial charge in [-0.05, 0) is 58.5 Å². The molecule has 0 aliphatic carbocycles. The van der Waals surface area contributed by atoms with Gasteiger partial charge in [0.1, 0.15) is 40.3 Å². The smallest absolute Gasteiger partial charge is 0.409 e. The van der Waals surface area contributed by atoms with Crippen molar-refractivity contribution in [1.82, 2.24) is 10.2 Å². The minimum absolute atomic E-state index is 0.110. The summed E-state index contributed by atoms with van der Waals surface area (Å²) >= 11 is 6.73. The van der Waals surface area contributed by atoms with Crippen LogP contribution >= 0.6 is 11.6 Å². The van der Waals surface area contributed by atoms with Gasteiger partial charge in [-0.3, -0.25) is 19.8 Å². The van der Waals surface area contributed by atoms with E-state index in [-0.39, 0.29) is 23.8 Å². The molecule has 4 rings (SSSR count). The van der Waals surface area contributed by atoms with Gasteiger partial charge in [0, 0.05) is 25.3 Å². The molecule has 2 amide bonds. The molecule has 8 atom stereocenters. The SMILES string of the molecule is CCN(C)[C@@H](C)C(=O)O[C@H]1CC(=O)N(C)c2cc(cc(OC)c2Cl)C/C(C)=C/C=C/[C@@H](C)[C@@]2(O)CC(OC(=O)N2)[C@@H](C)[C@@H]2O[C@@]12C. The molecule has 0 spiro atoms. The van der Waals surface area contributed by atoms with Gasteiger partial charge in [-0.1, -0.05) is 56.2 Å². The van der Waals surface area contributed by atoms with Gasteiger partial charge in [-0.2, -0.15) is 0 Å². The van der Waals surface area contributed by atoms with E-state index in [4.69, 9.17) is 30.5 Å². The lowest BCUT2D eigenvalue weighted by molar-refractivity contribution is -0.158. The zero-order valence-electron chi connectivity index (χ0n) is 28.3. The summed E-state index contributed by atoms with van der Waals surface area (Å²) in [7, 11) is 4.96. The second kappa shape index (κ2) is 13.9. The van der Waals surface area contributed by atoms with Crippen molar-refractivity contribution in [3.63, 3.8) is 0 Å². The standard InChI is InChI=1S/C34H48ClN3O8/c1-10-37(7)22(5)31(40)45-27-17-28(39)38(8)24-15-23(16-25(43-9)29(24)35)14-19(2)12-11-13-20(3)34(42)18-26(44-32(41)36-34)21(4)30-33(27,6)46-30/h11-13,15-16,20-22,26-27,30,42H,10,14,17-18H2,1-9H3,(H,36,41)/b13-11+,19-12+/t20-,21-,22+,26?,27+,30+,33+,34+/m1/s1. The maximum Gasteiger partial charge on any atom is 0.409 e. The Labute approximate surface area is 276 Å². The summed E-state index contributed by atoms with van der Waals surface area (Å²) in [5, 5.41) is 14.5. The van der Waals surface area contributed by atoms with Crippen LogP contribution in [-0.4, -0.2) is 91.4 Å². The van der Waals surface area contributed by atoms with Gasteiger partial charge in [-0.15, -0.1) is 0 Å². The van der Waals surface area contributed by atoms with Gasteiger partial charge in [0.05, 0.1) is 25.3 Å². The highest BCUT2D eigenvalue weighted by Crippen LogP contribution is 2.49. The number of hydrogen-bond acceptors (Lipinski definition) is 9. The molecule has 11 nitrogen and oxygen atoms in total. The molecular formula is C34H48ClN3O8. The number of nitrogens with zero attached hydrogens (tertiary/aromatic N) is 2. The highest BCUT2D eigenvalue weighted by Gasteiger charge is 2.64. The number of anilines is 1. The molecule has 12 heteroatoms.